The van der Waals surface area contributed by atoms with Gasteiger partial charge in [-0.3, -0.25) is 0 Å². The molecule has 0 N–H and O–H groups in total. The maximum atomic E-state index is 4.34. The van der Waals surface area contributed by atoms with Crippen molar-refractivity contribution in [2.75, 3.05) is 0 Å². The Morgan fingerprint density at radius 3 is 3.00 bits per heavy atom. The van der Waals surface area contributed by atoms with E-state index in [9.17, 15) is 0 Å². The molecule has 83 valence electrons. The second kappa shape index (κ2) is 4.01. The van der Waals surface area contributed by atoms with Crippen LogP contribution in [0.25, 0.3) is 16.7 Å². The molecule has 2 aromatic heterocycles. The predicted octanol–water partition coefficient (Wildman–Crippen LogP) is 2.78. The van der Waals surface area contributed by atoms with Crippen LogP contribution in [0.3, 0.4) is 0 Å². The van der Waals surface area contributed by atoms with Crippen LogP contribution in [-0.2, 0) is 6.42 Å². The molecule has 0 saturated heterocycles. The van der Waals surface area contributed by atoms with Crippen LogP contribution < -0.4 is 0 Å². The van der Waals surface area contributed by atoms with Gasteiger partial charge >= 0.3 is 0 Å². The van der Waals surface area contributed by atoms with E-state index in [1.807, 2.05) is 35.1 Å². The maximum Gasteiger partial charge on any atom is 0.162 e. The van der Waals surface area contributed by atoms with E-state index in [1.54, 1.807) is 6.20 Å². The topological polar surface area (TPSA) is 30.7 Å². The lowest BCUT2D eigenvalue weighted by Gasteiger charge is -2.03. The number of hydrogen-bond donors (Lipinski definition) is 0. The third kappa shape index (κ3) is 1.69. The molecule has 0 unspecified atom stereocenters. The summed E-state index contributed by atoms with van der Waals surface area (Å²) in [6.45, 7) is 2.13. The SMILES string of the molecule is CCc1c[c]c(-n2ncc3cccnc32)cc1. The Kier molecular flexibility index (Phi) is 2.37. The summed E-state index contributed by atoms with van der Waals surface area (Å²) in [5, 5.41) is 5.39. The lowest BCUT2D eigenvalue weighted by Crippen LogP contribution is -1.97. The first-order valence-corrected chi connectivity index (χ1v) is 5.68. The largest absolute Gasteiger partial charge is 0.237 e. The molecular formula is C14H12N3. The van der Waals surface area contributed by atoms with Crippen molar-refractivity contribution in [1.82, 2.24) is 14.8 Å². The van der Waals surface area contributed by atoms with Crippen molar-refractivity contribution in [3.05, 3.63) is 54.4 Å². The molecule has 0 saturated carbocycles. The number of hydrogen-bond acceptors (Lipinski definition) is 2. The number of aromatic nitrogens is 3. The van der Waals surface area contributed by atoms with Crippen LogP contribution in [0, 0.1) is 6.07 Å². The zero-order valence-electron chi connectivity index (χ0n) is 9.59. The number of rotatable bonds is 2. The smallest absolute Gasteiger partial charge is 0.162 e. The molecule has 0 fully saturated rings. The molecule has 2 heterocycles. The highest BCUT2D eigenvalue weighted by Crippen LogP contribution is 2.15. The number of fused-ring (bicyclic) bond motifs is 1. The Balaban J connectivity index is 2.13. The van der Waals surface area contributed by atoms with Crippen LogP contribution in [0.4, 0.5) is 0 Å². The highest BCUT2D eigenvalue weighted by atomic mass is 15.3. The average Bonchev–Trinajstić information content (AvgIpc) is 2.83. The van der Waals surface area contributed by atoms with Gasteiger partial charge in [-0.2, -0.15) is 5.10 Å². The molecule has 1 aromatic carbocycles. The van der Waals surface area contributed by atoms with Gasteiger partial charge in [-0.1, -0.05) is 13.0 Å². The molecule has 0 aliphatic rings. The minimum atomic E-state index is 0.869. The van der Waals surface area contributed by atoms with E-state index in [1.165, 1.54) is 5.56 Å². The molecule has 0 amide bonds. The minimum Gasteiger partial charge on any atom is -0.237 e. The van der Waals surface area contributed by atoms with Crippen molar-refractivity contribution < 1.29 is 0 Å². The zero-order valence-corrected chi connectivity index (χ0v) is 9.59. The van der Waals surface area contributed by atoms with Crippen molar-refractivity contribution in [3.63, 3.8) is 0 Å². The third-order valence-corrected chi connectivity index (χ3v) is 2.83. The zero-order chi connectivity index (χ0) is 11.7. The van der Waals surface area contributed by atoms with E-state index in [0.717, 1.165) is 23.1 Å². The van der Waals surface area contributed by atoms with Gasteiger partial charge in [-0.25, -0.2) is 9.67 Å². The van der Waals surface area contributed by atoms with Crippen molar-refractivity contribution in [3.8, 4) is 5.69 Å². The van der Waals surface area contributed by atoms with E-state index in [2.05, 4.69) is 29.1 Å². The lowest BCUT2D eigenvalue weighted by atomic mass is 10.1. The van der Waals surface area contributed by atoms with Crippen molar-refractivity contribution in [1.29, 1.82) is 0 Å². The maximum absolute atomic E-state index is 4.34. The fraction of sp³-hybridized carbons (Fsp3) is 0.143. The quantitative estimate of drug-likeness (QED) is 0.667. The molecule has 0 bridgehead atoms. The first-order chi connectivity index (χ1) is 8.38. The summed E-state index contributed by atoms with van der Waals surface area (Å²) in [6, 6.07) is 13.3. The standard InChI is InChI=1S/C14H12N3/c1-2-11-5-7-13(8-6-11)17-14-12(10-16-17)4-3-9-15-14/h3-7,9-10H,2H2,1H3. The molecule has 3 aromatic rings. The van der Waals surface area contributed by atoms with Crippen LogP contribution in [0.5, 0.6) is 0 Å². The number of pyridine rings is 1. The summed E-state index contributed by atoms with van der Waals surface area (Å²) in [5.41, 5.74) is 3.07. The Morgan fingerprint density at radius 1 is 1.29 bits per heavy atom. The van der Waals surface area contributed by atoms with Crippen LogP contribution in [0.15, 0.2) is 42.7 Å². The number of nitrogens with zero attached hydrogens (tertiary/aromatic N) is 3. The number of benzene rings is 1. The van der Waals surface area contributed by atoms with Gasteiger partial charge in [0.05, 0.1) is 11.9 Å². The van der Waals surface area contributed by atoms with Gasteiger partial charge in [-0.15, -0.1) is 0 Å². The summed E-state index contributed by atoms with van der Waals surface area (Å²) in [6.07, 6.45) is 4.62. The average molecular weight is 222 g/mol. The summed E-state index contributed by atoms with van der Waals surface area (Å²) in [4.78, 5) is 4.34. The molecule has 0 atom stereocenters. The second-order valence-electron chi connectivity index (χ2n) is 3.91. The highest BCUT2D eigenvalue weighted by Gasteiger charge is 2.04. The molecule has 3 rings (SSSR count). The van der Waals surface area contributed by atoms with Crippen molar-refractivity contribution >= 4 is 11.0 Å². The van der Waals surface area contributed by atoms with Gasteiger partial charge in [0.25, 0.3) is 0 Å². The summed E-state index contributed by atoms with van der Waals surface area (Å²) >= 11 is 0. The van der Waals surface area contributed by atoms with Gasteiger partial charge in [-0.05, 0) is 36.2 Å². The molecular weight excluding hydrogens is 210 g/mol. The van der Waals surface area contributed by atoms with Gasteiger partial charge in [0.1, 0.15) is 0 Å². The normalized spacial score (nSPS) is 10.9. The fourth-order valence-corrected chi connectivity index (χ4v) is 1.84. The van der Waals surface area contributed by atoms with Gasteiger partial charge in [0.15, 0.2) is 5.65 Å². The van der Waals surface area contributed by atoms with Gasteiger partial charge in [0.2, 0.25) is 0 Å². The summed E-state index contributed by atoms with van der Waals surface area (Å²) < 4.78 is 1.81. The van der Waals surface area contributed by atoms with Crippen molar-refractivity contribution in [2.24, 2.45) is 0 Å². The predicted molar refractivity (Wildman–Crippen MR) is 67.1 cm³/mol. The van der Waals surface area contributed by atoms with Gasteiger partial charge < -0.3 is 0 Å². The van der Waals surface area contributed by atoms with E-state index >= 15 is 0 Å². The third-order valence-electron chi connectivity index (χ3n) is 2.83. The van der Waals surface area contributed by atoms with Crippen molar-refractivity contribution in [2.45, 2.75) is 13.3 Å². The molecule has 3 heteroatoms. The van der Waals surface area contributed by atoms with Crippen LogP contribution in [0.1, 0.15) is 12.5 Å². The van der Waals surface area contributed by atoms with E-state index < -0.39 is 0 Å². The molecule has 3 nitrogen and oxygen atoms in total. The van der Waals surface area contributed by atoms with E-state index in [-0.39, 0.29) is 0 Å². The Labute approximate surface area is 99.7 Å². The van der Waals surface area contributed by atoms with Crippen LogP contribution in [0.2, 0.25) is 0 Å². The Morgan fingerprint density at radius 2 is 2.24 bits per heavy atom. The van der Waals surface area contributed by atoms with Crippen LogP contribution in [-0.4, -0.2) is 14.8 Å². The Bertz CT molecular complexity index is 638. The molecule has 1 radical (unpaired) electrons. The molecule has 0 aliphatic heterocycles. The lowest BCUT2D eigenvalue weighted by molar-refractivity contribution is 0.894. The fourth-order valence-electron chi connectivity index (χ4n) is 1.84. The Hall–Kier alpha value is -2.16. The second-order valence-corrected chi connectivity index (χ2v) is 3.91. The van der Waals surface area contributed by atoms with Crippen LogP contribution >= 0.6 is 0 Å². The molecule has 0 aliphatic carbocycles. The first-order valence-electron chi connectivity index (χ1n) is 5.68. The van der Waals surface area contributed by atoms with E-state index in [0.29, 0.717) is 0 Å². The van der Waals surface area contributed by atoms with Gasteiger partial charge in [0, 0.05) is 17.6 Å². The number of aryl methyl sites for hydroxylation is 1. The minimum absolute atomic E-state index is 0.869. The first kappa shape index (κ1) is 10.0. The molecule has 0 spiro atoms. The highest BCUT2D eigenvalue weighted by molar-refractivity contribution is 5.75. The summed E-state index contributed by atoms with van der Waals surface area (Å²) in [7, 11) is 0. The monoisotopic (exact) mass is 222 g/mol. The molecule has 17 heavy (non-hydrogen) atoms. The van der Waals surface area contributed by atoms with E-state index in [4.69, 9.17) is 0 Å². The summed E-state index contributed by atoms with van der Waals surface area (Å²) in [5.74, 6) is 0.